The van der Waals surface area contributed by atoms with Gasteiger partial charge in [0.15, 0.2) is 0 Å². The van der Waals surface area contributed by atoms with E-state index in [1.54, 1.807) is 0 Å². The van der Waals surface area contributed by atoms with Crippen molar-refractivity contribution < 1.29 is 14.3 Å². The molecule has 1 aromatic rings. The van der Waals surface area contributed by atoms with Gasteiger partial charge < -0.3 is 20.1 Å². The molecule has 5 nitrogen and oxygen atoms in total. The minimum absolute atomic E-state index is 0. The smallest absolute Gasteiger partial charge is 0.226 e. The molecule has 0 aromatic heterocycles. The first-order chi connectivity index (χ1) is 10.1. The first-order valence-corrected chi connectivity index (χ1v) is 7.45. The minimum atomic E-state index is -0.0000667. The van der Waals surface area contributed by atoms with Gasteiger partial charge in [-0.05, 0) is 31.5 Å². The van der Waals surface area contributed by atoms with Crippen molar-refractivity contribution in [3.05, 3.63) is 29.8 Å². The Morgan fingerprint density at radius 2 is 2.32 bits per heavy atom. The third-order valence-electron chi connectivity index (χ3n) is 3.22. The molecule has 1 heterocycles. The fraction of sp³-hybridized carbons (Fsp3) is 0.562. The van der Waals surface area contributed by atoms with Gasteiger partial charge in [0.05, 0.1) is 25.9 Å². The molecule has 22 heavy (non-hydrogen) atoms. The summed E-state index contributed by atoms with van der Waals surface area (Å²) in [5, 5.41) is 6.20. The van der Waals surface area contributed by atoms with Crippen LogP contribution in [0.5, 0.6) is 0 Å². The number of morpholine rings is 1. The summed E-state index contributed by atoms with van der Waals surface area (Å²) in [6, 6.07) is 7.86. The number of nitrogens with one attached hydrogen (secondary N) is 2. The molecule has 6 heteroatoms. The van der Waals surface area contributed by atoms with Crippen LogP contribution in [0.1, 0.15) is 25.8 Å². The van der Waals surface area contributed by atoms with Crippen LogP contribution < -0.4 is 10.6 Å². The minimum Gasteiger partial charge on any atom is -0.378 e. The van der Waals surface area contributed by atoms with Crippen LogP contribution in [0.3, 0.4) is 0 Å². The lowest BCUT2D eigenvalue weighted by atomic mass is 10.1. The van der Waals surface area contributed by atoms with Gasteiger partial charge >= 0.3 is 0 Å². The molecule has 1 saturated heterocycles. The van der Waals surface area contributed by atoms with Crippen LogP contribution in [0.4, 0.5) is 5.69 Å². The highest BCUT2D eigenvalue weighted by Gasteiger charge is 2.16. The van der Waals surface area contributed by atoms with E-state index in [2.05, 4.69) is 10.6 Å². The molecule has 1 fully saturated rings. The van der Waals surface area contributed by atoms with Crippen LogP contribution in [0.25, 0.3) is 0 Å². The van der Waals surface area contributed by atoms with Gasteiger partial charge in [0.1, 0.15) is 0 Å². The number of halogens is 1. The Kier molecular flexibility index (Phi) is 8.42. The van der Waals surface area contributed by atoms with E-state index >= 15 is 0 Å². The van der Waals surface area contributed by atoms with E-state index in [1.807, 2.05) is 38.1 Å². The zero-order chi connectivity index (χ0) is 15.1. The molecule has 124 valence electrons. The molecule has 0 saturated carbocycles. The van der Waals surface area contributed by atoms with Gasteiger partial charge in [0.2, 0.25) is 5.91 Å². The van der Waals surface area contributed by atoms with E-state index in [9.17, 15) is 4.79 Å². The number of carbonyl (C=O) groups is 1. The summed E-state index contributed by atoms with van der Waals surface area (Å²) in [5.41, 5.74) is 1.86. The first-order valence-electron chi connectivity index (χ1n) is 7.45. The largest absolute Gasteiger partial charge is 0.378 e. The number of amides is 1. The summed E-state index contributed by atoms with van der Waals surface area (Å²) in [4.78, 5) is 12.0. The number of carbonyl (C=O) groups excluding carboxylic acids is 1. The van der Waals surface area contributed by atoms with Crippen LogP contribution in [-0.2, 0) is 20.9 Å². The van der Waals surface area contributed by atoms with Crippen molar-refractivity contribution >= 4 is 24.0 Å². The van der Waals surface area contributed by atoms with Crippen LogP contribution in [0, 0.1) is 0 Å². The third kappa shape index (κ3) is 6.75. The fourth-order valence-electron chi connectivity index (χ4n) is 2.19. The fourth-order valence-corrected chi connectivity index (χ4v) is 2.19. The number of hydrogen-bond donors (Lipinski definition) is 2. The molecule has 2 N–H and O–H groups in total. The molecule has 0 radical (unpaired) electrons. The Morgan fingerprint density at radius 3 is 3.00 bits per heavy atom. The highest BCUT2D eigenvalue weighted by atomic mass is 35.5. The van der Waals surface area contributed by atoms with E-state index in [4.69, 9.17) is 9.47 Å². The number of anilines is 1. The van der Waals surface area contributed by atoms with Gasteiger partial charge in [-0.1, -0.05) is 12.1 Å². The van der Waals surface area contributed by atoms with Crippen molar-refractivity contribution in [3.8, 4) is 0 Å². The van der Waals surface area contributed by atoms with Crippen molar-refractivity contribution in [1.82, 2.24) is 5.32 Å². The molecular formula is C16H25ClN2O3. The molecule has 1 aliphatic rings. The zero-order valence-corrected chi connectivity index (χ0v) is 13.9. The monoisotopic (exact) mass is 328 g/mol. The lowest BCUT2D eigenvalue weighted by Crippen LogP contribution is -2.43. The summed E-state index contributed by atoms with van der Waals surface area (Å²) in [6.07, 6.45) is 0.618. The highest BCUT2D eigenvalue weighted by molar-refractivity contribution is 5.91. The van der Waals surface area contributed by atoms with Gasteiger partial charge in [0.25, 0.3) is 0 Å². The third-order valence-corrected chi connectivity index (χ3v) is 3.22. The maximum Gasteiger partial charge on any atom is 0.226 e. The molecule has 1 aromatic carbocycles. The van der Waals surface area contributed by atoms with Crippen molar-refractivity contribution in [3.63, 3.8) is 0 Å². The lowest BCUT2D eigenvalue weighted by molar-refractivity contribution is -0.117. The van der Waals surface area contributed by atoms with Gasteiger partial charge in [-0.2, -0.15) is 0 Å². The van der Waals surface area contributed by atoms with Gasteiger partial charge in [-0.3, -0.25) is 4.79 Å². The molecule has 0 bridgehead atoms. The SMILES string of the molecule is CC(C)OCc1cccc(NC(=O)CC2COCCN2)c1.Cl. The predicted molar refractivity (Wildman–Crippen MR) is 89.5 cm³/mol. The second-order valence-corrected chi connectivity index (χ2v) is 5.54. The highest BCUT2D eigenvalue weighted by Crippen LogP contribution is 2.13. The van der Waals surface area contributed by atoms with E-state index < -0.39 is 0 Å². The van der Waals surface area contributed by atoms with Crippen molar-refractivity contribution in [2.75, 3.05) is 25.1 Å². The summed E-state index contributed by atoms with van der Waals surface area (Å²) >= 11 is 0. The quantitative estimate of drug-likeness (QED) is 0.841. The number of hydrogen-bond acceptors (Lipinski definition) is 4. The molecule has 2 rings (SSSR count). The summed E-state index contributed by atoms with van der Waals surface area (Å²) < 4.78 is 10.9. The van der Waals surface area contributed by atoms with Gasteiger partial charge in [-0.15, -0.1) is 12.4 Å². The topological polar surface area (TPSA) is 59.6 Å². The average Bonchev–Trinajstić information content (AvgIpc) is 2.46. The van der Waals surface area contributed by atoms with Crippen LogP contribution in [0.2, 0.25) is 0 Å². The summed E-state index contributed by atoms with van der Waals surface area (Å²) in [5.74, 6) is -0.0000667. The second-order valence-electron chi connectivity index (χ2n) is 5.54. The van der Waals surface area contributed by atoms with Crippen molar-refractivity contribution in [2.24, 2.45) is 0 Å². The van der Waals surface area contributed by atoms with Crippen molar-refractivity contribution in [2.45, 2.75) is 39.0 Å². The predicted octanol–water partition coefficient (Wildman–Crippen LogP) is 2.35. The number of rotatable bonds is 6. The Morgan fingerprint density at radius 1 is 1.50 bits per heavy atom. The molecule has 1 aliphatic heterocycles. The lowest BCUT2D eigenvalue weighted by Gasteiger charge is -2.23. The molecule has 1 unspecified atom stereocenters. The normalized spacial score (nSPS) is 17.9. The van der Waals surface area contributed by atoms with E-state index in [0.717, 1.165) is 24.4 Å². The van der Waals surface area contributed by atoms with Crippen LogP contribution >= 0.6 is 12.4 Å². The molecule has 0 spiro atoms. The second kappa shape index (κ2) is 9.79. The van der Waals surface area contributed by atoms with Gasteiger partial charge in [-0.25, -0.2) is 0 Å². The maximum absolute atomic E-state index is 12.0. The van der Waals surface area contributed by atoms with Crippen molar-refractivity contribution in [1.29, 1.82) is 0 Å². The molecule has 1 amide bonds. The maximum atomic E-state index is 12.0. The van der Waals surface area contributed by atoms with E-state index in [0.29, 0.717) is 19.6 Å². The van der Waals surface area contributed by atoms with Gasteiger partial charge in [0, 0.05) is 24.7 Å². The number of benzene rings is 1. The van der Waals surface area contributed by atoms with Crippen LogP contribution in [0.15, 0.2) is 24.3 Å². The number of ether oxygens (including phenoxy) is 2. The Labute approximate surface area is 138 Å². The molecular weight excluding hydrogens is 304 g/mol. The molecule has 1 atom stereocenters. The summed E-state index contributed by atoms with van der Waals surface area (Å²) in [7, 11) is 0. The van der Waals surface area contributed by atoms with Crippen LogP contribution in [-0.4, -0.2) is 37.8 Å². The average molecular weight is 329 g/mol. The Bertz CT molecular complexity index is 462. The molecule has 0 aliphatic carbocycles. The standard InChI is InChI=1S/C16H24N2O3.ClH/c1-12(2)21-10-13-4-3-5-14(8-13)18-16(19)9-15-11-20-7-6-17-15;/h3-5,8,12,15,17H,6-7,9-11H2,1-2H3,(H,18,19);1H. The van der Waals surface area contributed by atoms with E-state index in [1.165, 1.54) is 0 Å². The summed E-state index contributed by atoms with van der Waals surface area (Å²) in [6.45, 7) is 6.68. The first kappa shape index (κ1) is 18.9. The Hall–Kier alpha value is -1.14. The zero-order valence-electron chi connectivity index (χ0n) is 13.1. The van der Waals surface area contributed by atoms with E-state index in [-0.39, 0.29) is 30.5 Å². The Balaban J connectivity index is 0.00000242.